The molecule has 7 aromatic rings. The van der Waals surface area contributed by atoms with Gasteiger partial charge in [-0.1, -0.05) is 166 Å². The Morgan fingerprint density at radius 2 is 1.20 bits per heavy atom. The second-order valence-electron chi connectivity index (χ2n) is 14.5. The summed E-state index contributed by atoms with van der Waals surface area (Å²) >= 11 is 0. The second-order valence-corrected chi connectivity index (χ2v) is 14.5. The van der Waals surface area contributed by atoms with E-state index in [-0.39, 0.29) is 0 Å². The van der Waals surface area contributed by atoms with Crippen molar-refractivity contribution in [3.05, 3.63) is 186 Å². The van der Waals surface area contributed by atoms with Gasteiger partial charge in [0.25, 0.3) is 0 Å². The summed E-state index contributed by atoms with van der Waals surface area (Å²) in [6.07, 6.45) is 14.7. The van der Waals surface area contributed by atoms with Crippen LogP contribution in [0.15, 0.2) is 164 Å². The van der Waals surface area contributed by atoms with Crippen LogP contribution in [0.4, 0.5) is 0 Å². The Hall–Kier alpha value is -5.72. The summed E-state index contributed by atoms with van der Waals surface area (Å²) in [5.74, 6) is 1.29. The van der Waals surface area contributed by atoms with Crippen molar-refractivity contribution in [3.8, 4) is 44.5 Å². The maximum atomic E-state index is 2.39. The highest BCUT2D eigenvalue weighted by Crippen LogP contribution is 2.44. The molecule has 3 unspecified atom stereocenters. The smallest absolute Gasteiger partial charge is 0.0125 e. The molecule has 0 amide bonds. The molecule has 246 valence electrons. The summed E-state index contributed by atoms with van der Waals surface area (Å²) in [6.45, 7) is 6.97. The third-order valence-corrected chi connectivity index (χ3v) is 11.4. The summed E-state index contributed by atoms with van der Waals surface area (Å²) in [5, 5.41) is 5.29. The molecule has 0 aromatic heterocycles. The quantitative estimate of drug-likeness (QED) is 0.157. The molecular formula is C51H42. The van der Waals surface area contributed by atoms with Gasteiger partial charge >= 0.3 is 0 Å². The molecule has 9 rings (SSSR count). The van der Waals surface area contributed by atoms with Crippen LogP contribution in [0.25, 0.3) is 72.1 Å². The number of aryl methyl sites for hydroxylation is 1. The monoisotopic (exact) mass is 654 g/mol. The van der Waals surface area contributed by atoms with Gasteiger partial charge in [0.15, 0.2) is 0 Å². The number of allylic oxidation sites excluding steroid dienone is 5. The summed E-state index contributed by atoms with van der Waals surface area (Å²) < 4.78 is 0. The van der Waals surface area contributed by atoms with E-state index in [1.165, 1.54) is 88.3 Å². The molecule has 2 aliphatic carbocycles. The lowest BCUT2D eigenvalue weighted by molar-refractivity contribution is 0.692. The fraction of sp³-hybridized carbons (Fsp3) is 0.137. The van der Waals surface area contributed by atoms with Crippen molar-refractivity contribution >= 4 is 27.6 Å². The van der Waals surface area contributed by atoms with Gasteiger partial charge in [0.05, 0.1) is 0 Å². The van der Waals surface area contributed by atoms with Gasteiger partial charge in [0.2, 0.25) is 0 Å². The number of hydrogen-bond donors (Lipinski definition) is 0. The molecule has 0 heterocycles. The van der Waals surface area contributed by atoms with Gasteiger partial charge < -0.3 is 0 Å². The third kappa shape index (κ3) is 5.47. The fourth-order valence-electron chi connectivity index (χ4n) is 8.67. The van der Waals surface area contributed by atoms with E-state index < -0.39 is 0 Å². The van der Waals surface area contributed by atoms with Crippen molar-refractivity contribution < 1.29 is 0 Å². The van der Waals surface area contributed by atoms with Crippen LogP contribution in [0, 0.1) is 12.8 Å². The Kier molecular flexibility index (Phi) is 7.89. The fourth-order valence-corrected chi connectivity index (χ4v) is 8.67. The van der Waals surface area contributed by atoms with E-state index in [0.717, 1.165) is 6.42 Å². The molecule has 3 atom stereocenters. The molecule has 0 fully saturated rings. The van der Waals surface area contributed by atoms with E-state index in [4.69, 9.17) is 0 Å². The van der Waals surface area contributed by atoms with Gasteiger partial charge in [-0.25, -0.2) is 0 Å². The molecule has 0 saturated carbocycles. The first kappa shape index (κ1) is 31.3. The molecule has 51 heavy (non-hydrogen) atoms. The van der Waals surface area contributed by atoms with Gasteiger partial charge in [-0.05, 0) is 126 Å². The highest BCUT2D eigenvalue weighted by molar-refractivity contribution is 6.14. The highest BCUT2D eigenvalue weighted by Gasteiger charge is 2.24. The van der Waals surface area contributed by atoms with Gasteiger partial charge in [0, 0.05) is 11.8 Å². The Bertz CT molecular complexity index is 2560. The predicted octanol–water partition coefficient (Wildman–Crippen LogP) is 14.3. The Balaban J connectivity index is 1.13. The molecule has 0 bridgehead atoms. The lowest BCUT2D eigenvalue weighted by atomic mass is 9.76. The Labute approximate surface area is 302 Å². The zero-order valence-corrected chi connectivity index (χ0v) is 29.6. The van der Waals surface area contributed by atoms with Crippen molar-refractivity contribution in [3.63, 3.8) is 0 Å². The van der Waals surface area contributed by atoms with Crippen LogP contribution >= 0.6 is 0 Å². The van der Waals surface area contributed by atoms with Crippen molar-refractivity contribution in [2.75, 3.05) is 0 Å². The predicted molar refractivity (Wildman–Crippen MR) is 220 cm³/mol. The van der Waals surface area contributed by atoms with Crippen molar-refractivity contribution in [1.29, 1.82) is 0 Å². The number of hydrogen-bond acceptors (Lipinski definition) is 0. The van der Waals surface area contributed by atoms with Crippen LogP contribution in [0.3, 0.4) is 0 Å². The maximum absolute atomic E-state index is 2.39. The molecule has 0 radical (unpaired) electrons. The first-order valence-electron chi connectivity index (χ1n) is 18.5. The molecule has 0 heteroatoms. The minimum absolute atomic E-state index is 0.396. The van der Waals surface area contributed by atoms with Crippen LogP contribution in [-0.2, 0) is 0 Å². The zero-order chi connectivity index (χ0) is 34.5. The number of benzene rings is 7. The van der Waals surface area contributed by atoms with Crippen molar-refractivity contribution in [2.45, 2.75) is 39.0 Å². The molecule has 7 aromatic carbocycles. The van der Waals surface area contributed by atoms with E-state index in [1.807, 2.05) is 0 Å². The molecule has 2 aliphatic rings. The maximum Gasteiger partial charge on any atom is 0.0125 e. The second kappa shape index (κ2) is 12.9. The largest absolute Gasteiger partial charge is 0.0767 e. The minimum Gasteiger partial charge on any atom is -0.0767 e. The van der Waals surface area contributed by atoms with Crippen LogP contribution in [0.5, 0.6) is 0 Å². The van der Waals surface area contributed by atoms with E-state index in [9.17, 15) is 0 Å². The Morgan fingerprint density at radius 3 is 2.02 bits per heavy atom. The standard InChI is InChI=1S/C51H42/c1-4-33(2)50-46(21-11-23-48(50)49-24-12-22-47-44-20-8-6-14-40(44)29-34(3)51(47)49)41-18-10-17-38(31-41)36-15-9-16-37(30-36)39-27-28-45-42(32-39)26-25-35-13-5-7-19-43(35)45/h5-33,35,43H,4H2,1-3H3. The topological polar surface area (TPSA) is 0 Å². The van der Waals surface area contributed by atoms with Crippen LogP contribution < -0.4 is 0 Å². The Morgan fingerprint density at radius 1 is 0.549 bits per heavy atom. The average Bonchev–Trinajstić information content (AvgIpc) is 3.20. The van der Waals surface area contributed by atoms with Crippen molar-refractivity contribution in [1.82, 2.24) is 0 Å². The number of rotatable bonds is 6. The van der Waals surface area contributed by atoms with Gasteiger partial charge in [-0.3, -0.25) is 0 Å². The first-order chi connectivity index (χ1) is 25.1. The number of fused-ring (bicyclic) bond motifs is 6. The van der Waals surface area contributed by atoms with E-state index in [2.05, 4.69) is 191 Å². The molecular weight excluding hydrogens is 613 g/mol. The van der Waals surface area contributed by atoms with E-state index >= 15 is 0 Å². The molecule has 0 aliphatic heterocycles. The van der Waals surface area contributed by atoms with Crippen molar-refractivity contribution in [2.24, 2.45) is 5.92 Å². The molecule has 0 spiro atoms. The average molecular weight is 655 g/mol. The van der Waals surface area contributed by atoms with E-state index in [0.29, 0.717) is 17.8 Å². The molecule has 0 saturated heterocycles. The van der Waals surface area contributed by atoms with Gasteiger partial charge in [0.1, 0.15) is 0 Å². The van der Waals surface area contributed by atoms with Crippen LogP contribution in [0.1, 0.15) is 54.4 Å². The SMILES string of the molecule is CCC(C)c1c(-c2cccc(-c3cccc(-c4ccc5c(c4)C=CC4C=CC=CC54)c3)c2)cccc1-c1cccc2c1c(C)cc1ccccc12. The van der Waals surface area contributed by atoms with Gasteiger partial charge in [-0.2, -0.15) is 0 Å². The summed E-state index contributed by atoms with van der Waals surface area (Å²) in [4.78, 5) is 0. The minimum atomic E-state index is 0.396. The molecule has 0 nitrogen and oxygen atoms in total. The normalized spacial score (nSPS) is 16.7. The summed E-state index contributed by atoms with van der Waals surface area (Å²) in [5.41, 5.74) is 15.7. The van der Waals surface area contributed by atoms with Crippen LogP contribution in [0.2, 0.25) is 0 Å². The highest BCUT2D eigenvalue weighted by atomic mass is 14.3. The van der Waals surface area contributed by atoms with Gasteiger partial charge in [-0.15, -0.1) is 0 Å². The lowest BCUT2D eigenvalue weighted by Crippen LogP contribution is -2.13. The first-order valence-corrected chi connectivity index (χ1v) is 18.5. The summed E-state index contributed by atoms with van der Waals surface area (Å²) in [6, 6.07) is 50.2. The summed E-state index contributed by atoms with van der Waals surface area (Å²) in [7, 11) is 0. The third-order valence-electron chi connectivity index (χ3n) is 11.4. The molecule has 0 N–H and O–H groups in total. The lowest BCUT2D eigenvalue weighted by Gasteiger charge is -2.27. The zero-order valence-electron chi connectivity index (χ0n) is 29.6. The van der Waals surface area contributed by atoms with E-state index in [1.54, 1.807) is 0 Å². The van der Waals surface area contributed by atoms with Crippen LogP contribution in [-0.4, -0.2) is 0 Å².